The Morgan fingerprint density at radius 3 is 2.36 bits per heavy atom. The Hall–Kier alpha value is -3.10. The SMILES string of the molecule is COCCN(CC(=O)N(Cc1ccc(F)cc1)Cc1sccc1C)C(=O)c1cccc(F)c1. The summed E-state index contributed by atoms with van der Waals surface area (Å²) in [6.45, 7) is 2.83. The van der Waals surface area contributed by atoms with Crippen molar-refractivity contribution in [1.82, 2.24) is 9.80 Å². The Morgan fingerprint density at radius 1 is 0.970 bits per heavy atom. The first-order valence-corrected chi connectivity index (χ1v) is 11.3. The van der Waals surface area contributed by atoms with E-state index in [0.29, 0.717) is 6.54 Å². The standard InChI is InChI=1S/C25H26F2N2O3S/c1-18-10-13-33-23(18)16-29(15-19-6-8-21(26)9-7-19)24(30)17-28(11-12-32-2)25(31)20-4-3-5-22(27)14-20/h3-10,13-14H,11-12,15-17H2,1-2H3. The second-order valence-electron chi connectivity index (χ2n) is 7.63. The highest BCUT2D eigenvalue weighted by molar-refractivity contribution is 7.10. The zero-order chi connectivity index (χ0) is 23.8. The summed E-state index contributed by atoms with van der Waals surface area (Å²) in [6, 6.07) is 13.3. The van der Waals surface area contributed by atoms with Crippen LogP contribution in [0.5, 0.6) is 0 Å². The number of hydrogen-bond donors (Lipinski definition) is 0. The van der Waals surface area contributed by atoms with Crippen molar-refractivity contribution in [2.45, 2.75) is 20.0 Å². The minimum absolute atomic E-state index is 0.165. The fourth-order valence-electron chi connectivity index (χ4n) is 3.30. The number of amides is 2. The van der Waals surface area contributed by atoms with Gasteiger partial charge in [0.25, 0.3) is 5.91 Å². The molecule has 5 nitrogen and oxygen atoms in total. The number of ether oxygens (including phenoxy) is 1. The molecule has 0 aliphatic carbocycles. The second kappa shape index (κ2) is 11.7. The topological polar surface area (TPSA) is 49.9 Å². The summed E-state index contributed by atoms with van der Waals surface area (Å²) < 4.78 is 32.1. The van der Waals surface area contributed by atoms with Crippen LogP contribution in [0.15, 0.2) is 60.0 Å². The molecule has 0 aliphatic heterocycles. The molecule has 2 aromatic carbocycles. The van der Waals surface area contributed by atoms with Gasteiger partial charge in [-0.05, 0) is 59.8 Å². The fraction of sp³-hybridized carbons (Fsp3) is 0.280. The van der Waals surface area contributed by atoms with Crippen LogP contribution in [-0.4, -0.2) is 48.4 Å². The third-order valence-corrected chi connectivity index (χ3v) is 6.20. The second-order valence-corrected chi connectivity index (χ2v) is 8.63. The lowest BCUT2D eigenvalue weighted by molar-refractivity contribution is -0.133. The molecule has 0 spiro atoms. The van der Waals surface area contributed by atoms with Gasteiger partial charge in [0.15, 0.2) is 0 Å². The number of carbonyl (C=O) groups is 2. The van der Waals surface area contributed by atoms with Gasteiger partial charge in [-0.15, -0.1) is 11.3 Å². The van der Waals surface area contributed by atoms with Crippen molar-refractivity contribution in [3.05, 3.63) is 93.2 Å². The number of benzene rings is 2. The van der Waals surface area contributed by atoms with Crippen LogP contribution in [-0.2, 0) is 22.6 Å². The third kappa shape index (κ3) is 6.94. The van der Waals surface area contributed by atoms with E-state index >= 15 is 0 Å². The van der Waals surface area contributed by atoms with E-state index in [9.17, 15) is 18.4 Å². The van der Waals surface area contributed by atoms with Crippen molar-refractivity contribution in [3.8, 4) is 0 Å². The summed E-state index contributed by atoms with van der Waals surface area (Å²) in [5.74, 6) is -1.59. The first kappa shape index (κ1) is 24.5. The summed E-state index contributed by atoms with van der Waals surface area (Å²) >= 11 is 1.55. The number of methoxy groups -OCH3 is 1. The molecule has 0 unspecified atom stereocenters. The van der Waals surface area contributed by atoms with E-state index in [1.807, 2.05) is 18.4 Å². The van der Waals surface area contributed by atoms with E-state index in [4.69, 9.17) is 4.74 Å². The average Bonchev–Trinajstić information content (AvgIpc) is 3.21. The van der Waals surface area contributed by atoms with E-state index in [0.717, 1.165) is 22.1 Å². The lowest BCUT2D eigenvalue weighted by atomic mass is 10.1. The predicted molar refractivity (Wildman–Crippen MR) is 124 cm³/mol. The summed E-state index contributed by atoms with van der Waals surface area (Å²) in [7, 11) is 1.51. The van der Waals surface area contributed by atoms with Gasteiger partial charge in [0, 0.05) is 30.6 Å². The summed E-state index contributed by atoms with van der Waals surface area (Å²) in [5.41, 5.74) is 2.01. The molecule has 33 heavy (non-hydrogen) atoms. The van der Waals surface area contributed by atoms with Crippen LogP contribution in [0.25, 0.3) is 0 Å². The fourth-order valence-corrected chi connectivity index (χ4v) is 4.22. The number of carbonyl (C=O) groups excluding carboxylic acids is 2. The Kier molecular flexibility index (Phi) is 8.68. The minimum atomic E-state index is -0.523. The van der Waals surface area contributed by atoms with Crippen LogP contribution < -0.4 is 0 Å². The van der Waals surface area contributed by atoms with Crippen molar-refractivity contribution >= 4 is 23.2 Å². The molecule has 174 valence electrons. The Morgan fingerprint density at radius 2 is 1.73 bits per heavy atom. The van der Waals surface area contributed by atoms with Crippen molar-refractivity contribution in [2.75, 3.05) is 26.8 Å². The molecule has 8 heteroatoms. The van der Waals surface area contributed by atoms with Crippen LogP contribution in [0.2, 0.25) is 0 Å². The van der Waals surface area contributed by atoms with E-state index in [-0.39, 0.29) is 43.5 Å². The number of nitrogens with zero attached hydrogens (tertiary/aromatic N) is 2. The van der Waals surface area contributed by atoms with Gasteiger partial charge >= 0.3 is 0 Å². The number of thiophene rings is 1. The molecule has 0 saturated heterocycles. The molecule has 2 amide bonds. The minimum Gasteiger partial charge on any atom is -0.383 e. The number of hydrogen-bond acceptors (Lipinski definition) is 4. The monoisotopic (exact) mass is 472 g/mol. The van der Waals surface area contributed by atoms with Gasteiger partial charge in [-0.1, -0.05) is 18.2 Å². The Bertz CT molecular complexity index is 1090. The molecule has 0 N–H and O–H groups in total. The average molecular weight is 473 g/mol. The first-order valence-electron chi connectivity index (χ1n) is 10.5. The van der Waals surface area contributed by atoms with E-state index in [1.165, 1.54) is 42.3 Å². The molecule has 0 radical (unpaired) electrons. The Labute approximate surface area is 196 Å². The summed E-state index contributed by atoms with van der Waals surface area (Å²) in [5, 5.41) is 1.96. The van der Waals surface area contributed by atoms with Gasteiger partial charge in [0.1, 0.15) is 18.2 Å². The Balaban J connectivity index is 1.82. The van der Waals surface area contributed by atoms with Crippen LogP contribution in [0.4, 0.5) is 8.78 Å². The summed E-state index contributed by atoms with van der Waals surface area (Å²) in [4.78, 5) is 30.4. The van der Waals surface area contributed by atoms with Gasteiger partial charge in [-0.25, -0.2) is 8.78 Å². The zero-order valence-electron chi connectivity index (χ0n) is 18.6. The van der Waals surface area contributed by atoms with Crippen LogP contribution in [0.1, 0.15) is 26.4 Å². The highest BCUT2D eigenvalue weighted by Crippen LogP contribution is 2.20. The molecular weight excluding hydrogens is 446 g/mol. The molecular formula is C25H26F2N2O3S. The normalized spacial score (nSPS) is 10.8. The van der Waals surface area contributed by atoms with Gasteiger partial charge in [0.05, 0.1) is 13.2 Å². The number of rotatable bonds is 10. The third-order valence-electron chi connectivity index (χ3n) is 5.19. The number of aryl methyl sites for hydroxylation is 1. The zero-order valence-corrected chi connectivity index (χ0v) is 19.4. The van der Waals surface area contributed by atoms with Crippen molar-refractivity contribution in [1.29, 1.82) is 0 Å². The predicted octanol–water partition coefficient (Wildman–Crippen LogP) is 4.65. The molecule has 0 aliphatic rings. The lowest BCUT2D eigenvalue weighted by Crippen LogP contribution is -2.43. The number of halogens is 2. The summed E-state index contributed by atoms with van der Waals surface area (Å²) in [6.07, 6.45) is 0. The van der Waals surface area contributed by atoms with Crippen molar-refractivity contribution in [2.24, 2.45) is 0 Å². The first-order chi connectivity index (χ1) is 15.9. The van der Waals surface area contributed by atoms with Crippen LogP contribution >= 0.6 is 11.3 Å². The van der Waals surface area contributed by atoms with Crippen molar-refractivity contribution in [3.63, 3.8) is 0 Å². The van der Waals surface area contributed by atoms with Gasteiger partial charge in [0.2, 0.25) is 5.91 Å². The van der Waals surface area contributed by atoms with Gasteiger partial charge < -0.3 is 14.5 Å². The molecule has 1 aromatic heterocycles. The van der Waals surface area contributed by atoms with Crippen LogP contribution in [0, 0.1) is 18.6 Å². The molecule has 3 rings (SSSR count). The van der Waals surface area contributed by atoms with E-state index in [2.05, 4.69) is 0 Å². The molecule has 0 saturated carbocycles. The van der Waals surface area contributed by atoms with Gasteiger partial charge in [-0.3, -0.25) is 9.59 Å². The highest BCUT2D eigenvalue weighted by Gasteiger charge is 2.23. The van der Waals surface area contributed by atoms with E-state index < -0.39 is 11.7 Å². The molecule has 1 heterocycles. The smallest absolute Gasteiger partial charge is 0.254 e. The maximum atomic E-state index is 13.7. The van der Waals surface area contributed by atoms with E-state index in [1.54, 1.807) is 28.4 Å². The maximum Gasteiger partial charge on any atom is 0.254 e. The molecule has 3 aromatic rings. The highest BCUT2D eigenvalue weighted by atomic mass is 32.1. The lowest BCUT2D eigenvalue weighted by Gasteiger charge is -2.28. The van der Waals surface area contributed by atoms with Crippen LogP contribution in [0.3, 0.4) is 0 Å². The quantitative estimate of drug-likeness (QED) is 0.432. The molecule has 0 fully saturated rings. The largest absolute Gasteiger partial charge is 0.383 e. The van der Waals surface area contributed by atoms with Gasteiger partial charge in [-0.2, -0.15) is 0 Å². The molecule has 0 bridgehead atoms. The maximum absolute atomic E-state index is 13.7. The molecule has 0 atom stereocenters. The van der Waals surface area contributed by atoms with Crippen molar-refractivity contribution < 1.29 is 23.1 Å².